The van der Waals surface area contributed by atoms with Crippen molar-refractivity contribution in [3.8, 4) is 0 Å². The number of hydrogen-bond donors (Lipinski definition) is 1. The molecule has 238 valence electrons. The van der Waals surface area contributed by atoms with E-state index < -0.39 is 0 Å². The van der Waals surface area contributed by atoms with E-state index in [9.17, 15) is 23.2 Å². The monoisotopic (exact) mass is 673 g/mol. The van der Waals surface area contributed by atoms with Gasteiger partial charge in [0, 0.05) is 53.9 Å². The van der Waals surface area contributed by atoms with E-state index in [-0.39, 0.29) is 29.6 Å². The zero-order chi connectivity index (χ0) is 33.9. The van der Waals surface area contributed by atoms with E-state index in [2.05, 4.69) is 0 Å². The molecule has 4 nitrogen and oxygen atoms in total. The lowest BCUT2D eigenvalue weighted by Crippen LogP contribution is -2.03. The molecule has 0 aliphatic heterocycles. The Labute approximate surface area is 286 Å². The molecule has 0 unspecified atom stereocenters. The quantitative estimate of drug-likeness (QED) is 0.0887. The number of carbonyl (C=O) groups is 3. The lowest BCUT2D eigenvalue weighted by Gasteiger charge is -2.10. The van der Waals surface area contributed by atoms with Gasteiger partial charge >= 0.3 is 0 Å². The first kappa shape index (κ1) is 34.0. The Morgan fingerprint density at radius 1 is 0.521 bits per heavy atom. The van der Waals surface area contributed by atoms with Crippen LogP contribution in [0.5, 0.6) is 0 Å². The maximum atomic E-state index is 13.9. The highest BCUT2D eigenvalue weighted by atomic mass is 32.2. The first-order chi connectivity index (χ1) is 23.3. The zero-order valence-electron chi connectivity index (χ0n) is 25.5. The first-order valence-corrected chi connectivity index (χ1v) is 16.5. The largest absolute Gasteiger partial charge is 0.398 e. The van der Waals surface area contributed by atoms with Gasteiger partial charge in [0.25, 0.3) is 0 Å². The number of carbonyl (C=O) groups excluding carboxylic acids is 3. The van der Waals surface area contributed by atoms with Gasteiger partial charge < -0.3 is 10.5 Å². The van der Waals surface area contributed by atoms with Gasteiger partial charge in [-0.05, 0) is 66.2 Å². The molecule has 0 fully saturated rings. The third kappa shape index (κ3) is 8.73. The standard InChI is InChI=1S/C21H15FO2S.C19H14FNOS/c22-18-8-4-5-9-20(18)25-19-11-10-17(14-16(19)12-13-23)21(24)15-6-2-1-3-7-15;20-15-8-4-5-9-17(15)23-18-11-10-14(12-16(18)21)19(22)13-6-2-1-3-7-13/h1-11,13-14H,12H2;1-12H,21H2. The summed E-state index contributed by atoms with van der Waals surface area (Å²) in [5.41, 5.74) is 9.45. The Hall–Kier alpha value is -5.31. The van der Waals surface area contributed by atoms with Crippen molar-refractivity contribution in [2.24, 2.45) is 0 Å². The summed E-state index contributed by atoms with van der Waals surface area (Å²) in [6, 6.07) is 41.3. The van der Waals surface area contributed by atoms with Gasteiger partial charge in [0.15, 0.2) is 11.6 Å². The van der Waals surface area contributed by atoms with Gasteiger partial charge in [-0.15, -0.1) is 0 Å². The summed E-state index contributed by atoms with van der Waals surface area (Å²) in [6.07, 6.45) is 0.963. The van der Waals surface area contributed by atoms with Crippen LogP contribution in [0.25, 0.3) is 0 Å². The fourth-order valence-electron chi connectivity index (χ4n) is 4.66. The minimum Gasteiger partial charge on any atom is -0.398 e. The number of aldehydes is 1. The average molecular weight is 674 g/mol. The Balaban J connectivity index is 0.000000188. The predicted octanol–water partition coefficient (Wildman–Crippen LogP) is 9.74. The molecule has 0 aliphatic rings. The number of nitrogens with two attached hydrogens (primary N) is 1. The van der Waals surface area contributed by atoms with Crippen LogP contribution in [-0.4, -0.2) is 17.9 Å². The smallest absolute Gasteiger partial charge is 0.193 e. The molecule has 6 aromatic rings. The molecule has 6 aromatic carbocycles. The SMILES string of the molecule is Nc1cc(C(=O)c2ccccc2)ccc1Sc1ccccc1F.O=CCc1cc(C(=O)c2ccccc2)ccc1Sc1ccccc1F. The maximum Gasteiger partial charge on any atom is 0.193 e. The molecule has 0 bridgehead atoms. The Morgan fingerprint density at radius 2 is 0.958 bits per heavy atom. The number of ketones is 2. The van der Waals surface area contributed by atoms with Crippen LogP contribution in [0.3, 0.4) is 0 Å². The van der Waals surface area contributed by atoms with Crippen LogP contribution in [0.1, 0.15) is 37.4 Å². The minimum absolute atomic E-state index is 0.0836. The molecule has 6 rings (SSSR count). The summed E-state index contributed by atoms with van der Waals surface area (Å²) >= 11 is 2.50. The number of anilines is 1. The second-order valence-electron chi connectivity index (χ2n) is 10.4. The van der Waals surface area contributed by atoms with E-state index >= 15 is 0 Å². The van der Waals surface area contributed by atoms with Crippen molar-refractivity contribution in [1.82, 2.24) is 0 Å². The third-order valence-corrected chi connectivity index (χ3v) is 9.39. The molecule has 0 saturated carbocycles. The molecule has 0 amide bonds. The molecule has 0 spiro atoms. The molecule has 8 heteroatoms. The second-order valence-corrected chi connectivity index (χ2v) is 12.6. The van der Waals surface area contributed by atoms with Crippen molar-refractivity contribution >= 4 is 47.1 Å². The maximum absolute atomic E-state index is 13.9. The first-order valence-electron chi connectivity index (χ1n) is 14.8. The van der Waals surface area contributed by atoms with Gasteiger partial charge in [-0.3, -0.25) is 9.59 Å². The van der Waals surface area contributed by atoms with Crippen LogP contribution in [-0.2, 0) is 11.2 Å². The number of hydrogen-bond acceptors (Lipinski definition) is 6. The molecular weight excluding hydrogens is 645 g/mol. The molecule has 2 N–H and O–H groups in total. The fourth-order valence-corrected chi connectivity index (χ4v) is 6.48. The van der Waals surface area contributed by atoms with E-state index in [4.69, 9.17) is 5.73 Å². The summed E-state index contributed by atoms with van der Waals surface area (Å²) in [5.74, 6) is -0.787. The summed E-state index contributed by atoms with van der Waals surface area (Å²) < 4.78 is 27.6. The van der Waals surface area contributed by atoms with Crippen molar-refractivity contribution in [2.45, 2.75) is 26.0 Å². The topological polar surface area (TPSA) is 77.2 Å². The van der Waals surface area contributed by atoms with E-state index in [0.29, 0.717) is 43.3 Å². The van der Waals surface area contributed by atoms with Gasteiger partial charge in [0.2, 0.25) is 0 Å². The second kappa shape index (κ2) is 16.5. The molecule has 0 aliphatic carbocycles. The van der Waals surface area contributed by atoms with E-state index in [1.165, 1.54) is 35.7 Å². The molecule has 48 heavy (non-hydrogen) atoms. The Kier molecular flexibility index (Phi) is 11.7. The van der Waals surface area contributed by atoms with E-state index in [1.807, 2.05) is 36.4 Å². The van der Waals surface area contributed by atoms with E-state index in [0.717, 1.165) is 16.1 Å². The van der Waals surface area contributed by atoms with Gasteiger partial charge in [0.05, 0.1) is 0 Å². The van der Waals surface area contributed by atoms with Crippen molar-refractivity contribution in [1.29, 1.82) is 0 Å². The van der Waals surface area contributed by atoms with Crippen molar-refractivity contribution in [3.63, 3.8) is 0 Å². The molecular formula is C40H29F2NO3S2. The number of nitrogen functional groups attached to an aromatic ring is 1. The number of benzene rings is 6. The average Bonchev–Trinajstić information content (AvgIpc) is 3.12. The lowest BCUT2D eigenvalue weighted by atomic mass is 10.0. The van der Waals surface area contributed by atoms with Crippen LogP contribution in [0.4, 0.5) is 14.5 Å². The summed E-state index contributed by atoms with van der Waals surface area (Å²) in [6.45, 7) is 0. The highest BCUT2D eigenvalue weighted by Gasteiger charge is 2.14. The number of halogens is 2. The minimum atomic E-state index is -0.311. The third-order valence-electron chi connectivity index (χ3n) is 7.08. The van der Waals surface area contributed by atoms with Gasteiger partial charge in [-0.1, -0.05) is 108 Å². The molecule has 0 atom stereocenters. The van der Waals surface area contributed by atoms with Crippen LogP contribution < -0.4 is 5.73 Å². The molecule has 0 heterocycles. The highest BCUT2D eigenvalue weighted by Crippen LogP contribution is 2.35. The fraction of sp³-hybridized carbons (Fsp3) is 0.0250. The molecule has 0 radical (unpaired) electrons. The van der Waals surface area contributed by atoms with Crippen LogP contribution in [0.15, 0.2) is 165 Å². The molecule has 0 aromatic heterocycles. The number of rotatable bonds is 10. The van der Waals surface area contributed by atoms with Gasteiger partial charge in [0.1, 0.15) is 17.9 Å². The Bertz CT molecular complexity index is 2050. The van der Waals surface area contributed by atoms with Crippen molar-refractivity contribution < 1.29 is 23.2 Å². The summed E-state index contributed by atoms with van der Waals surface area (Å²) in [4.78, 5) is 38.5. The highest BCUT2D eigenvalue weighted by molar-refractivity contribution is 7.99. The van der Waals surface area contributed by atoms with Crippen LogP contribution in [0, 0.1) is 11.6 Å². The summed E-state index contributed by atoms with van der Waals surface area (Å²) in [7, 11) is 0. The van der Waals surface area contributed by atoms with E-state index in [1.54, 1.807) is 97.1 Å². The normalized spacial score (nSPS) is 10.5. The van der Waals surface area contributed by atoms with Gasteiger partial charge in [-0.25, -0.2) is 8.78 Å². The lowest BCUT2D eigenvalue weighted by molar-refractivity contribution is -0.107. The van der Waals surface area contributed by atoms with Crippen molar-refractivity contribution in [3.05, 3.63) is 185 Å². The van der Waals surface area contributed by atoms with Crippen molar-refractivity contribution in [2.75, 3.05) is 5.73 Å². The van der Waals surface area contributed by atoms with Crippen LogP contribution in [0.2, 0.25) is 0 Å². The summed E-state index contributed by atoms with van der Waals surface area (Å²) in [5, 5.41) is 0. The zero-order valence-corrected chi connectivity index (χ0v) is 27.1. The molecule has 0 saturated heterocycles. The van der Waals surface area contributed by atoms with Crippen LogP contribution >= 0.6 is 23.5 Å². The Morgan fingerprint density at radius 3 is 1.44 bits per heavy atom. The predicted molar refractivity (Wildman–Crippen MR) is 188 cm³/mol. The van der Waals surface area contributed by atoms with Gasteiger partial charge in [-0.2, -0.15) is 0 Å².